The van der Waals surface area contributed by atoms with Crippen LogP contribution in [0.4, 0.5) is 0 Å². The Hall–Kier alpha value is -0.940. The lowest BCUT2D eigenvalue weighted by Gasteiger charge is -2.46. The molecule has 0 bridgehead atoms. The van der Waals surface area contributed by atoms with Crippen LogP contribution in [0.15, 0.2) is 6.20 Å². The van der Waals surface area contributed by atoms with E-state index in [0.717, 1.165) is 31.9 Å². The number of hydrogen-bond donors (Lipinski definition) is 1. The maximum atomic E-state index is 4.19. The van der Waals surface area contributed by atoms with Gasteiger partial charge in [0.05, 0.1) is 5.69 Å². The fourth-order valence-corrected chi connectivity index (χ4v) is 2.74. The molecule has 96 valence electrons. The van der Waals surface area contributed by atoms with E-state index in [1.807, 2.05) is 13.2 Å². The summed E-state index contributed by atoms with van der Waals surface area (Å²) >= 11 is 0. The van der Waals surface area contributed by atoms with E-state index >= 15 is 0 Å². The Kier molecular flexibility index (Phi) is 3.79. The first kappa shape index (κ1) is 12.5. The van der Waals surface area contributed by atoms with Crippen molar-refractivity contribution in [1.29, 1.82) is 0 Å². The van der Waals surface area contributed by atoms with Crippen LogP contribution < -0.4 is 5.32 Å². The van der Waals surface area contributed by atoms with Gasteiger partial charge < -0.3 is 5.32 Å². The van der Waals surface area contributed by atoms with Crippen molar-refractivity contribution < 1.29 is 0 Å². The molecule has 1 saturated heterocycles. The summed E-state index contributed by atoms with van der Waals surface area (Å²) in [5.74, 6) is 0. The topological polar surface area (TPSA) is 46.0 Å². The zero-order valence-electron chi connectivity index (χ0n) is 11.1. The van der Waals surface area contributed by atoms with Gasteiger partial charge in [0.2, 0.25) is 0 Å². The zero-order valence-corrected chi connectivity index (χ0v) is 11.1. The van der Waals surface area contributed by atoms with Crippen molar-refractivity contribution in [2.75, 3.05) is 19.6 Å². The van der Waals surface area contributed by atoms with Crippen LogP contribution in [0.25, 0.3) is 0 Å². The summed E-state index contributed by atoms with van der Waals surface area (Å²) in [6.45, 7) is 8.72. The van der Waals surface area contributed by atoms with Crippen LogP contribution in [0.5, 0.6) is 0 Å². The minimum Gasteiger partial charge on any atom is -0.314 e. The minimum atomic E-state index is 0.287. The third-order valence-electron chi connectivity index (χ3n) is 4.00. The summed E-state index contributed by atoms with van der Waals surface area (Å²) < 4.78 is 1.77. The zero-order chi connectivity index (χ0) is 12.3. The molecule has 0 unspecified atom stereocenters. The number of piperazine rings is 1. The first-order chi connectivity index (χ1) is 8.20. The van der Waals surface area contributed by atoms with E-state index in [-0.39, 0.29) is 5.54 Å². The van der Waals surface area contributed by atoms with Gasteiger partial charge in [0.1, 0.15) is 0 Å². The van der Waals surface area contributed by atoms with Gasteiger partial charge in [0.25, 0.3) is 0 Å². The Morgan fingerprint density at radius 1 is 1.41 bits per heavy atom. The van der Waals surface area contributed by atoms with E-state index in [9.17, 15) is 0 Å². The second kappa shape index (κ2) is 5.14. The Balaban J connectivity index is 2.11. The van der Waals surface area contributed by atoms with Gasteiger partial charge in [0, 0.05) is 45.0 Å². The molecule has 5 nitrogen and oxygen atoms in total. The smallest absolute Gasteiger partial charge is 0.0967 e. The molecule has 0 atom stereocenters. The molecule has 1 fully saturated rings. The first-order valence-electron chi connectivity index (χ1n) is 6.51. The third-order valence-corrected chi connectivity index (χ3v) is 4.00. The van der Waals surface area contributed by atoms with E-state index in [0.29, 0.717) is 0 Å². The third kappa shape index (κ3) is 2.50. The predicted octanol–water partition coefficient (Wildman–Crippen LogP) is 0.779. The summed E-state index contributed by atoms with van der Waals surface area (Å²) in [4.78, 5) is 2.56. The predicted molar refractivity (Wildman–Crippen MR) is 67.6 cm³/mol. The van der Waals surface area contributed by atoms with Gasteiger partial charge in [-0.05, 0) is 12.8 Å². The Morgan fingerprint density at radius 3 is 2.76 bits per heavy atom. The van der Waals surface area contributed by atoms with Crippen LogP contribution in [0.3, 0.4) is 0 Å². The Bertz CT molecular complexity index is 356. The molecule has 1 aromatic rings. The summed E-state index contributed by atoms with van der Waals surface area (Å²) in [6.07, 6.45) is 4.37. The molecule has 0 spiro atoms. The van der Waals surface area contributed by atoms with Crippen molar-refractivity contribution in [2.45, 2.75) is 38.8 Å². The highest BCUT2D eigenvalue weighted by Crippen LogP contribution is 2.26. The molecule has 0 amide bonds. The quantitative estimate of drug-likeness (QED) is 0.840. The fraction of sp³-hybridized carbons (Fsp3) is 0.833. The highest BCUT2D eigenvalue weighted by Gasteiger charge is 2.35. The maximum Gasteiger partial charge on any atom is 0.0967 e. The van der Waals surface area contributed by atoms with Crippen molar-refractivity contribution in [3.8, 4) is 0 Å². The first-order valence-corrected chi connectivity index (χ1v) is 6.51. The second-order valence-electron chi connectivity index (χ2n) is 4.91. The molecule has 0 aliphatic carbocycles. The number of hydrogen-bond acceptors (Lipinski definition) is 4. The van der Waals surface area contributed by atoms with Crippen LogP contribution in [0, 0.1) is 0 Å². The van der Waals surface area contributed by atoms with E-state index < -0.39 is 0 Å². The number of nitrogens with zero attached hydrogens (tertiary/aromatic N) is 4. The number of aromatic nitrogens is 3. The molecular formula is C12H23N5. The molecular weight excluding hydrogens is 214 g/mol. The summed E-state index contributed by atoms with van der Waals surface area (Å²) in [5.41, 5.74) is 1.36. The van der Waals surface area contributed by atoms with Crippen molar-refractivity contribution in [2.24, 2.45) is 7.05 Å². The lowest BCUT2D eigenvalue weighted by atomic mass is 9.88. The van der Waals surface area contributed by atoms with Crippen LogP contribution >= 0.6 is 0 Å². The Labute approximate surface area is 103 Å². The molecule has 5 heteroatoms. The average molecular weight is 237 g/mol. The average Bonchev–Trinajstić information content (AvgIpc) is 2.76. The number of aryl methyl sites for hydroxylation is 1. The molecule has 0 radical (unpaired) electrons. The molecule has 2 rings (SSSR count). The van der Waals surface area contributed by atoms with Gasteiger partial charge in [0.15, 0.2) is 0 Å². The largest absolute Gasteiger partial charge is 0.314 e. The van der Waals surface area contributed by atoms with E-state index in [2.05, 4.69) is 34.4 Å². The molecule has 17 heavy (non-hydrogen) atoms. The van der Waals surface area contributed by atoms with Gasteiger partial charge in [-0.25, -0.2) is 0 Å². The van der Waals surface area contributed by atoms with Gasteiger partial charge in [-0.3, -0.25) is 9.58 Å². The molecule has 1 aliphatic heterocycles. The molecule has 0 saturated carbocycles. The fourth-order valence-electron chi connectivity index (χ4n) is 2.74. The molecule has 1 aliphatic rings. The maximum absolute atomic E-state index is 4.19. The van der Waals surface area contributed by atoms with Gasteiger partial charge in [-0.2, -0.15) is 0 Å². The van der Waals surface area contributed by atoms with E-state index in [1.54, 1.807) is 4.68 Å². The van der Waals surface area contributed by atoms with Crippen molar-refractivity contribution in [3.63, 3.8) is 0 Å². The van der Waals surface area contributed by atoms with Crippen LogP contribution in [0.1, 0.15) is 32.4 Å². The van der Waals surface area contributed by atoms with E-state index in [1.165, 1.54) is 12.8 Å². The number of nitrogens with one attached hydrogen (secondary N) is 1. The van der Waals surface area contributed by atoms with Crippen molar-refractivity contribution in [1.82, 2.24) is 25.2 Å². The van der Waals surface area contributed by atoms with Crippen molar-refractivity contribution >= 4 is 0 Å². The second-order valence-corrected chi connectivity index (χ2v) is 4.91. The summed E-state index contributed by atoms with van der Waals surface area (Å²) in [6, 6.07) is 0. The summed E-state index contributed by atoms with van der Waals surface area (Å²) in [7, 11) is 1.92. The normalized spacial score (nSPS) is 20.6. The van der Waals surface area contributed by atoms with Gasteiger partial charge >= 0.3 is 0 Å². The highest BCUT2D eigenvalue weighted by molar-refractivity contribution is 4.99. The monoisotopic (exact) mass is 237 g/mol. The molecule has 0 aromatic carbocycles. The lowest BCUT2D eigenvalue weighted by molar-refractivity contribution is 0.0436. The van der Waals surface area contributed by atoms with Gasteiger partial charge in [-0.1, -0.05) is 19.1 Å². The molecule has 1 N–H and O–H groups in total. The minimum absolute atomic E-state index is 0.287. The van der Waals surface area contributed by atoms with Gasteiger partial charge in [-0.15, -0.1) is 5.10 Å². The van der Waals surface area contributed by atoms with Crippen LogP contribution in [-0.4, -0.2) is 45.1 Å². The SMILES string of the molecule is CCC1(CC)CNCCN1Cc1cn(C)nn1. The van der Waals surface area contributed by atoms with Crippen LogP contribution in [0.2, 0.25) is 0 Å². The van der Waals surface area contributed by atoms with Crippen molar-refractivity contribution in [3.05, 3.63) is 11.9 Å². The lowest BCUT2D eigenvalue weighted by Crippen LogP contribution is -2.60. The summed E-state index contributed by atoms with van der Waals surface area (Å²) in [5, 5.41) is 11.7. The Morgan fingerprint density at radius 2 is 2.18 bits per heavy atom. The standard InChI is InChI=1S/C12H23N5/c1-4-12(5-2)10-13-6-7-17(12)9-11-8-16(3)15-14-11/h8,13H,4-7,9-10H2,1-3H3. The molecule has 1 aromatic heterocycles. The van der Waals surface area contributed by atoms with E-state index in [4.69, 9.17) is 0 Å². The highest BCUT2D eigenvalue weighted by atomic mass is 15.4. The van der Waals surface area contributed by atoms with Crippen LogP contribution in [-0.2, 0) is 13.6 Å². The number of rotatable bonds is 4. The molecule has 2 heterocycles.